The molecule has 2 aliphatic carbocycles. The first-order valence-corrected chi connectivity index (χ1v) is 6.74. The molecule has 0 aromatic carbocycles. The Morgan fingerprint density at radius 3 is 1.87 bits per heavy atom. The fraction of sp³-hybridized carbons (Fsp3) is 1.00. The molecule has 2 aliphatic rings. The van der Waals surface area contributed by atoms with E-state index in [0.717, 1.165) is 23.8 Å². The molecule has 0 saturated heterocycles. The highest BCUT2D eigenvalue weighted by Crippen LogP contribution is 2.44. The average molecular weight is 209 g/mol. The summed E-state index contributed by atoms with van der Waals surface area (Å²) in [6, 6.07) is 0.864. The zero-order valence-corrected chi connectivity index (χ0v) is 10.8. The Bertz CT molecular complexity index is 199. The lowest BCUT2D eigenvalue weighted by atomic mass is 9.81. The van der Waals surface area contributed by atoms with E-state index in [0.29, 0.717) is 5.41 Å². The molecule has 0 amide bonds. The van der Waals surface area contributed by atoms with Crippen molar-refractivity contribution < 1.29 is 0 Å². The quantitative estimate of drug-likeness (QED) is 0.706. The minimum atomic E-state index is 0.446. The van der Waals surface area contributed by atoms with Crippen molar-refractivity contribution in [3.8, 4) is 0 Å². The van der Waals surface area contributed by atoms with Crippen LogP contribution in [0.15, 0.2) is 0 Å². The molecule has 0 radical (unpaired) electrons. The molecule has 1 nitrogen and oxygen atoms in total. The second-order valence-corrected chi connectivity index (χ2v) is 6.72. The molecule has 2 rings (SSSR count). The fourth-order valence-corrected chi connectivity index (χ4v) is 2.21. The summed E-state index contributed by atoms with van der Waals surface area (Å²) in [7, 11) is 0. The van der Waals surface area contributed by atoms with E-state index >= 15 is 0 Å². The van der Waals surface area contributed by atoms with Gasteiger partial charge in [0.2, 0.25) is 0 Å². The maximum absolute atomic E-state index is 3.87. The normalized spacial score (nSPS) is 22.8. The van der Waals surface area contributed by atoms with Crippen LogP contribution in [0.3, 0.4) is 0 Å². The molecule has 2 saturated carbocycles. The van der Waals surface area contributed by atoms with Crippen LogP contribution >= 0.6 is 0 Å². The van der Waals surface area contributed by atoms with Crippen molar-refractivity contribution in [2.75, 3.05) is 6.54 Å². The van der Waals surface area contributed by atoms with Gasteiger partial charge in [0.05, 0.1) is 0 Å². The summed E-state index contributed by atoms with van der Waals surface area (Å²) in [5.74, 6) is 2.82. The van der Waals surface area contributed by atoms with E-state index in [1.165, 1.54) is 32.2 Å². The molecule has 2 fully saturated rings. The van der Waals surface area contributed by atoms with Gasteiger partial charge in [0.15, 0.2) is 0 Å². The zero-order chi connectivity index (χ0) is 11.1. The molecular weight excluding hydrogens is 182 g/mol. The second-order valence-electron chi connectivity index (χ2n) is 6.72. The monoisotopic (exact) mass is 209 g/mol. The molecule has 0 heterocycles. The van der Waals surface area contributed by atoms with Crippen LogP contribution in [0.5, 0.6) is 0 Å². The summed E-state index contributed by atoms with van der Waals surface area (Å²) in [6.07, 6.45) is 5.93. The number of nitrogens with one attached hydrogen (secondary N) is 1. The summed E-state index contributed by atoms with van der Waals surface area (Å²) < 4.78 is 0. The summed E-state index contributed by atoms with van der Waals surface area (Å²) >= 11 is 0. The van der Waals surface area contributed by atoms with E-state index in [-0.39, 0.29) is 0 Å². The van der Waals surface area contributed by atoms with Crippen molar-refractivity contribution in [3.05, 3.63) is 0 Å². The van der Waals surface area contributed by atoms with Gasteiger partial charge in [0.25, 0.3) is 0 Å². The Morgan fingerprint density at radius 2 is 1.53 bits per heavy atom. The Kier molecular flexibility index (Phi) is 3.12. The molecule has 0 atom stereocenters. The van der Waals surface area contributed by atoms with E-state index in [4.69, 9.17) is 0 Å². The van der Waals surface area contributed by atoms with E-state index in [2.05, 4.69) is 33.0 Å². The molecule has 0 spiro atoms. The number of hydrogen-bond acceptors (Lipinski definition) is 1. The lowest BCUT2D eigenvalue weighted by molar-refractivity contribution is 0.218. The zero-order valence-electron chi connectivity index (χ0n) is 10.8. The predicted octanol–water partition coefficient (Wildman–Crippen LogP) is 3.45. The van der Waals surface area contributed by atoms with Crippen LogP contribution in [0.1, 0.15) is 53.4 Å². The van der Waals surface area contributed by atoms with Crippen LogP contribution in [-0.4, -0.2) is 12.6 Å². The van der Waals surface area contributed by atoms with Gasteiger partial charge in [-0.2, -0.15) is 0 Å². The molecule has 1 heteroatoms. The smallest absolute Gasteiger partial charge is 0.0124 e. The molecule has 0 unspecified atom stereocenters. The SMILES string of the molecule is CC(C)C(C)(C)CNC(C1CC1)C1CC1. The molecule has 15 heavy (non-hydrogen) atoms. The molecule has 0 bridgehead atoms. The Labute approximate surface area is 95.0 Å². The lowest BCUT2D eigenvalue weighted by Gasteiger charge is -2.32. The standard InChI is InChI=1S/C14H27N/c1-10(2)14(3,4)9-15-13(11-5-6-11)12-7-8-12/h10-13,15H,5-9H2,1-4H3. The van der Waals surface area contributed by atoms with Crippen LogP contribution < -0.4 is 5.32 Å². The highest BCUT2D eigenvalue weighted by Gasteiger charge is 2.41. The third kappa shape index (κ3) is 2.96. The molecule has 0 aromatic rings. The Hall–Kier alpha value is -0.0400. The van der Waals surface area contributed by atoms with Crippen molar-refractivity contribution in [3.63, 3.8) is 0 Å². The fourth-order valence-electron chi connectivity index (χ4n) is 2.21. The van der Waals surface area contributed by atoms with Crippen LogP contribution in [0.2, 0.25) is 0 Å². The molecule has 88 valence electrons. The third-order valence-electron chi connectivity index (χ3n) is 4.62. The maximum atomic E-state index is 3.87. The Balaban J connectivity index is 1.79. The van der Waals surface area contributed by atoms with Crippen molar-refractivity contribution in [2.45, 2.75) is 59.4 Å². The summed E-state index contributed by atoms with van der Waals surface area (Å²) in [5.41, 5.74) is 0.446. The van der Waals surface area contributed by atoms with Crippen molar-refractivity contribution in [1.29, 1.82) is 0 Å². The van der Waals surface area contributed by atoms with Crippen LogP contribution in [-0.2, 0) is 0 Å². The lowest BCUT2D eigenvalue weighted by Crippen LogP contribution is -2.41. The van der Waals surface area contributed by atoms with Crippen LogP contribution in [0.4, 0.5) is 0 Å². The first kappa shape index (κ1) is 11.4. The van der Waals surface area contributed by atoms with E-state index in [1.807, 2.05) is 0 Å². The summed E-state index contributed by atoms with van der Waals surface area (Å²) in [6.45, 7) is 10.7. The highest BCUT2D eigenvalue weighted by atomic mass is 15.0. The van der Waals surface area contributed by atoms with Gasteiger partial charge in [-0.3, -0.25) is 0 Å². The largest absolute Gasteiger partial charge is 0.313 e. The van der Waals surface area contributed by atoms with Crippen molar-refractivity contribution >= 4 is 0 Å². The minimum absolute atomic E-state index is 0.446. The van der Waals surface area contributed by atoms with Gasteiger partial charge in [-0.05, 0) is 48.9 Å². The summed E-state index contributed by atoms with van der Waals surface area (Å²) in [5, 5.41) is 3.87. The van der Waals surface area contributed by atoms with Gasteiger partial charge >= 0.3 is 0 Å². The predicted molar refractivity (Wildman–Crippen MR) is 65.9 cm³/mol. The minimum Gasteiger partial charge on any atom is -0.313 e. The van der Waals surface area contributed by atoms with Crippen LogP contribution in [0.25, 0.3) is 0 Å². The topological polar surface area (TPSA) is 12.0 Å². The second kappa shape index (κ2) is 4.08. The summed E-state index contributed by atoms with van der Waals surface area (Å²) in [4.78, 5) is 0. The first-order chi connectivity index (χ1) is 7.00. The molecule has 0 aliphatic heterocycles. The van der Waals surface area contributed by atoms with Gasteiger partial charge < -0.3 is 5.32 Å². The third-order valence-corrected chi connectivity index (χ3v) is 4.62. The van der Waals surface area contributed by atoms with Crippen molar-refractivity contribution in [2.24, 2.45) is 23.2 Å². The van der Waals surface area contributed by atoms with E-state index in [9.17, 15) is 0 Å². The molecule has 0 aromatic heterocycles. The van der Waals surface area contributed by atoms with Gasteiger partial charge in [-0.1, -0.05) is 27.7 Å². The number of hydrogen-bond donors (Lipinski definition) is 1. The van der Waals surface area contributed by atoms with Gasteiger partial charge in [0, 0.05) is 12.6 Å². The number of rotatable bonds is 6. The first-order valence-electron chi connectivity index (χ1n) is 6.74. The highest BCUT2D eigenvalue weighted by molar-refractivity contribution is 4.97. The van der Waals surface area contributed by atoms with E-state index < -0.39 is 0 Å². The maximum Gasteiger partial charge on any atom is 0.0124 e. The van der Waals surface area contributed by atoms with E-state index in [1.54, 1.807) is 0 Å². The average Bonchev–Trinajstić information content (AvgIpc) is 2.99. The molecule has 1 N–H and O–H groups in total. The van der Waals surface area contributed by atoms with Gasteiger partial charge in [-0.15, -0.1) is 0 Å². The van der Waals surface area contributed by atoms with Gasteiger partial charge in [0.1, 0.15) is 0 Å². The van der Waals surface area contributed by atoms with Crippen LogP contribution in [0, 0.1) is 23.2 Å². The van der Waals surface area contributed by atoms with Crippen molar-refractivity contribution in [1.82, 2.24) is 5.32 Å². The molecular formula is C14H27N. The Morgan fingerprint density at radius 1 is 1.07 bits per heavy atom. The van der Waals surface area contributed by atoms with Gasteiger partial charge in [-0.25, -0.2) is 0 Å².